The predicted molar refractivity (Wildman–Crippen MR) is 88.4 cm³/mol. The van der Waals surface area contributed by atoms with Gasteiger partial charge in [-0.1, -0.05) is 49.4 Å². The number of pyridine rings is 1. The summed E-state index contributed by atoms with van der Waals surface area (Å²) < 4.78 is 0. The lowest BCUT2D eigenvalue weighted by atomic mass is 9.87. The first-order valence-corrected chi connectivity index (χ1v) is 7.36. The molecule has 2 atom stereocenters. The van der Waals surface area contributed by atoms with Crippen molar-refractivity contribution in [3.05, 3.63) is 78.1 Å². The van der Waals surface area contributed by atoms with Crippen LogP contribution in [0.3, 0.4) is 0 Å². The summed E-state index contributed by atoms with van der Waals surface area (Å²) in [4.78, 5) is 4.12. The first kappa shape index (κ1) is 13.8. The van der Waals surface area contributed by atoms with E-state index in [0.29, 0.717) is 5.92 Å². The lowest BCUT2D eigenvalue weighted by molar-refractivity contribution is 0.511. The molecule has 3 rings (SSSR count). The monoisotopic (exact) mass is 276 g/mol. The molecule has 2 nitrogen and oxygen atoms in total. The van der Waals surface area contributed by atoms with Crippen LogP contribution in [0.4, 0.5) is 0 Å². The van der Waals surface area contributed by atoms with Gasteiger partial charge in [-0.15, -0.1) is 0 Å². The van der Waals surface area contributed by atoms with Gasteiger partial charge < -0.3 is 5.32 Å². The Morgan fingerprint density at radius 1 is 0.905 bits per heavy atom. The molecular weight excluding hydrogens is 256 g/mol. The van der Waals surface area contributed by atoms with Crippen LogP contribution in [-0.2, 0) is 0 Å². The molecule has 0 aliphatic rings. The third-order valence-electron chi connectivity index (χ3n) is 4.20. The van der Waals surface area contributed by atoms with Gasteiger partial charge in [0.25, 0.3) is 0 Å². The van der Waals surface area contributed by atoms with Gasteiger partial charge in [-0.3, -0.25) is 4.98 Å². The van der Waals surface area contributed by atoms with E-state index < -0.39 is 0 Å². The van der Waals surface area contributed by atoms with Crippen LogP contribution in [0.15, 0.2) is 67.0 Å². The quantitative estimate of drug-likeness (QED) is 0.768. The summed E-state index contributed by atoms with van der Waals surface area (Å²) in [6.07, 6.45) is 3.73. The fourth-order valence-corrected chi connectivity index (χ4v) is 3.06. The van der Waals surface area contributed by atoms with Gasteiger partial charge in [-0.05, 0) is 41.1 Å². The molecule has 1 N–H and O–H groups in total. The lowest BCUT2D eigenvalue weighted by Gasteiger charge is -2.25. The SMILES string of the molecule is CNC(c1cccc2ccccc12)C(C)c1ccncc1. The highest BCUT2D eigenvalue weighted by Crippen LogP contribution is 2.33. The Labute approximate surface area is 125 Å². The van der Waals surface area contributed by atoms with Gasteiger partial charge in [0.05, 0.1) is 0 Å². The van der Waals surface area contributed by atoms with Crippen molar-refractivity contribution in [3.63, 3.8) is 0 Å². The van der Waals surface area contributed by atoms with E-state index in [1.807, 2.05) is 19.4 Å². The Hall–Kier alpha value is -2.19. The van der Waals surface area contributed by atoms with Crippen molar-refractivity contribution >= 4 is 10.8 Å². The zero-order valence-corrected chi connectivity index (χ0v) is 12.5. The van der Waals surface area contributed by atoms with Crippen LogP contribution in [0.25, 0.3) is 10.8 Å². The molecular formula is C19H20N2. The van der Waals surface area contributed by atoms with Crippen molar-refractivity contribution in [2.75, 3.05) is 7.05 Å². The highest BCUT2D eigenvalue weighted by Gasteiger charge is 2.20. The number of hydrogen-bond acceptors (Lipinski definition) is 2. The second-order valence-electron chi connectivity index (χ2n) is 5.40. The minimum atomic E-state index is 0.276. The molecule has 0 saturated heterocycles. The smallest absolute Gasteiger partial charge is 0.0390 e. The van der Waals surface area contributed by atoms with Crippen LogP contribution in [0, 0.1) is 0 Å². The van der Waals surface area contributed by atoms with Gasteiger partial charge in [-0.25, -0.2) is 0 Å². The summed E-state index contributed by atoms with van der Waals surface area (Å²) in [5, 5.41) is 6.10. The lowest BCUT2D eigenvalue weighted by Crippen LogP contribution is -2.22. The maximum atomic E-state index is 4.12. The molecule has 2 unspecified atom stereocenters. The standard InChI is InChI=1S/C19H20N2/c1-14(15-10-12-21-13-11-15)19(20-2)18-9-5-7-16-6-3-4-8-17(16)18/h3-14,19-20H,1-2H3. The summed E-state index contributed by atoms with van der Waals surface area (Å²) >= 11 is 0. The molecule has 0 fully saturated rings. The number of aromatic nitrogens is 1. The minimum Gasteiger partial charge on any atom is -0.312 e. The number of rotatable bonds is 4. The van der Waals surface area contributed by atoms with Gasteiger partial charge in [-0.2, -0.15) is 0 Å². The molecule has 0 saturated carbocycles. The van der Waals surface area contributed by atoms with E-state index in [1.54, 1.807) is 0 Å². The van der Waals surface area contributed by atoms with Gasteiger partial charge in [0.2, 0.25) is 0 Å². The molecule has 0 spiro atoms. The van der Waals surface area contributed by atoms with Crippen LogP contribution in [0.1, 0.15) is 30.0 Å². The van der Waals surface area contributed by atoms with E-state index in [-0.39, 0.29) is 6.04 Å². The normalized spacial score (nSPS) is 14.0. The molecule has 0 radical (unpaired) electrons. The molecule has 2 aromatic carbocycles. The third kappa shape index (κ3) is 2.67. The Morgan fingerprint density at radius 3 is 2.38 bits per heavy atom. The average molecular weight is 276 g/mol. The Balaban J connectivity index is 2.06. The van der Waals surface area contributed by atoms with Crippen LogP contribution in [0.5, 0.6) is 0 Å². The highest BCUT2D eigenvalue weighted by molar-refractivity contribution is 5.86. The summed E-state index contributed by atoms with van der Waals surface area (Å²) in [7, 11) is 2.03. The van der Waals surface area contributed by atoms with Gasteiger partial charge in [0.1, 0.15) is 0 Å². The Bertz CT molecular complexity index is 716. The van der Waals surface area contributed by atoms with Crippen LogP contribution >= 0.6 is 0 Å². The zero-order chi connectivity index (χ0) is 14.7. The van der Waals surface area contributed by atoms with E-state index >= 15 is 0 Å². The molecule has 21 heavy (non-hydrogen) atoms. The Morgan fingerprint density at radius 2 is 1.62 bits per heavy atom. The van der Waals surface area contributed by atoms with E-state index in [2.05, 4.69) is 71.8 Å². The van der Waals surface area contributed by atoms with Crippen molar-refractivity contribution in [1.82, 2.24) is 10.3 Å². The number of fused-ring (bicyclic) bond motifs is 1. The second kappa shape index (κ2) is 6.06. The molecule has 3 aromatic rings. The molecule has 106 valence electrons. The topological polar surface area (TPSA) is 24.9 Å². The molecule has 0 aliphatic heterocycles. The second-order valence-corrected chi connectivity index (χ2v) is 5.40. The molecule has 1 heterocycles. The molecule has 0 amide bonds. The fraction of sp³-hybridized carbons (Fsp3) is 0.211. The van der Waals surface area contributed by atoms with Crippen LogP contribution < -0.4 is 5.32 Å². The third-order valence-corrected chi connectivity index (χ3v) is 4.20. The number of likely N-dealkylation sites (N-methyl/N-ethyl adjacent to an activating group) is 1. The molecule has 2 heteroatoms. The van der Waals surface area contributed by atoms with Crippen LogP contribution in [-0.4, -0.2) is 12.0 Å². The maximum Gasteiger partial charge on any atom is 0.0390 e. The van der Waals surface area contributed by atoms with Crippen molar-refractivity contribution < 1.29 is 0 Å². The summed E-state index contributed by atoms with van der Waals surface area (Å²) in [5.74, 6) is 0.379. The van der Waals surface area contributed by atoms with Gasteiger partial charge in [0, 0.05) is 24.4 Å². The van der Waals surface area contributed by atoms with Crippen molar-refractivity contribution in [2.24, 2.45) is 0 Å². The number of hydrogen-bond donors (Lipinski definition) is 1. The fourth-order valence-electron chi connectivity index (χ4n) is 3.06. The maximum absolute atomic E-state index is 4.12. The van der Waals surface area contributed by atoms with Crippen molar-refractivity contribution in [2.45, 2.75) is 18.9 Å². The summed E-state index contributed by atoms with van der Waals surface area (Å²) in [6.45, 7) is 2.26. The average Bonchev–Trinajstić information content (AvgIpc) is 2.56. The van der Waals surface area contributed by atoms with Gasteiger partial charge in [0.15, 0.2) is 0 Å². The van der Waals surface area contributed by atoms with Gasteiger partial charge >= 0.3 is 0 Å². The first-order chi connectivity index (χ1) is 10.3. The van der Waals surface area contributed by atoms with Crippen molar-refractivity contribution in [1.29, 1.82) is 0 Å². The predicted octanol–water partition coefficient (Wildman–Crippen LogP) is 4.30. The van der Waals surface area contributed by atoms with E-state index in [1.165, 1.54) is 21.9 Å². The Kier molecular flexibility index (Phi) is 3.98. The molecule has 1 aromatic heterocycles. The summed E-state index contributed by atoms with van der Waals surface area (Å²) in [5.41, 5.74) is 2.65. The molecule has 0 bridgehead atoms. The zero-order valence-electron chi connectivity index (χ0n) is 12.5. The van der Waals surface area contributed by atoms with E-state index in [9.17, 15) is 0 Å². The largest absolute Gasteiger partial charge is 0.312 e. The van der Waals surface area contributed by atoms with Crippen LogP contribution in [0.2, 0.25) is 0 Å². The van der Waals surface area contributed by atoms with Crippen molar-refractivity contribution in [3.8, 4) is 0 Å². The van der Waals surface area contributed by atoms with E-state index in [4.69, 9.17) is 0 Å². The number of nitrogens with zero attached hydrogens (tertiary/aromatic N) is 1. The number of benzene rings is 2. The summed E-state index contributed by atoms with van der Waals surface area (Å²) in [6, 6.07) is 19.6. The first-order valence-electron chi connectivity index (χ1n) is 7.36. The van der Waals surface area contributed by atoms with E-state index in [0.717, 1.165) is 0 Å². The number of nitrogens with one attached hydrogen (secondary N) is 1. The minimum absolute atomic E-state index is 0.276. The highest BCUT2D eigenvalue weighted by atomic mass is 14.9. The molecule has 0 aliphatic carbocycles.